The summed E-state index contributed by atoms with van der Waals surface area (Å²) in [6.45, 7) is 4.00. The number of aliphatic carboxylic acids is 1. The first kappa shape index (κ1) is 16.5. The fourth-order valence-corrected chi connectivity index (χ4v) is 3.36. The average molecular weight is 354 g/mol. The van der Waals surface area contributed by atoms with Crippen molar-refractivity contribution in [3.8, 4) is 0 Å². The number of hydrogen-bond donors (Lipinski definition) is 1. The number of benzene rings is 1. The highest BCUT2D eigenvalue weighted by molar-refractivity contribution is 9.10. The normalized spacial score (nSPS) is 18.6. The summed E-state index contributed by atoms with van der Waals surface area (Å²) in [7, 11) is 0. The Morgan fingerprint density at radius 1 is 1.33 bits per heavy atom. The second kappa shape index (κ2) is 7.95. The molecule has 1 saturated heterocycles. The van der Waals surface area contributed by atoms with Crippen molar-refractivity contribution < 1.29 is 9.90 Å². The Balaban J connectivity index is 2.06. The van der Waals surface area contributed by atoms with E-state index in [0.29, 0.717) is 6.04 Å². The molecule has 0 bridgehead atoms. The van der Waals surface area contributed by atoms with Crippen LogP contribution in [0.4, 0.5) is 0 Å². The van der Waals surface area contributed by atoms with Gasteiger partial charge in [-0.25, -0.2) is 0 Å². The Morgan fingerprint density at radius 2 is 1.95 bits per heavy atom. The van der Waals surface area contributed by atoms with Crippen LogP contribution in [-0.2, 0) is 4.79 Å². The van der Waals surface area contributed by atoms with Crippen molar-refractivity contribution >= 4 is 21.9 Å². The molecule has 1 N–H and O–H groups in total. The molecule has 0 spiro atoms. The van der Waals surface area contributed by atoms with Gasteiger partial charge in [0, 0.05) is 10.5 Å². The zero-order valence-electron chi connectivity index (χ0n) is 12.6. The number of likely N-dealkylation sites (tertiary alicyclic amines) is 1. The zero-order valence-corrected chi connectivity index (χ0v) is 14.2. The molecule has 1 fully saturated rings. The molecule has 1 aromatic carbocycles. The van der Waals surface area contributed by atoms with Crippen molar-refractivity contribution in [2.24, 2.45) is 5.92 Å². The van der Waals surface area contributed by atoms with E-state index < -0.39 is 5.97 Å². The minimum atomic E-state index is -0.636. The largest absolute Gasteiger partial charge is 0.481 e. The standard InChI is InChI=1S/C17H24BrNO2/c1-2-3-4-16(13-5-7-15(18)8-6-13)19-11-9-14(10-12-19)17(20)21/h5-8,14,16H,2-4,9-12H2,1H3,(H,20,21). The van der Waals surface area contributed by atoms with Gasteiger partial charge in [0.25, 0.3) is 0 Å². The summed E-state index contributed by atoms with van der Waals surface area (Å²) < 4.78 is 1.10. The minimum Gasteiger partial charge on any atom is -0.481 e. The molecule has 1 unspecified atom stereocenters. The van der Waals surface area contributed by atoms with Crippen molar-refractivity contribution in [3.05, 3.63) is 34.3 Å². The number of carboxylic acid groups (broad SMARTS) is 1. The number of halogens is 1. The molecule has 0 aliphatic carbocycles. The molecule has 1 atom stereocenters. The quantitative estimate of drug-likeness (QED) is 0.819. The zero-order chi connectivity index (χ0) is 15.2. The van der Waals surface area contributed by atoms with E-state index >= 15 is 0 Å². The van der Waals surface area contributed by atoms with E-state index in [1.54, 1.807) is 0 Å². The van der Waals surface area contributed by atoms with Gasteiger partial charge in [0.2, 0.25) is 0 Å². The smallest absolute Gasteiger partial charge is 0.306 e. The van der Waals surface area contributed by atoms with E-state index in [4.69, 9.17) is 5.11 Å². The molecule has 0 radical (unpaired) electrons. The molecule has 1 aliphatic heterocycles. The van der Waals surface area contributed by atoms with Gasteiger partial charge in [-0.3, -0.25) is 9.69 Å². The molecule has 21 heavy (non-hydrogen) atoms. The number of carbonyl (C=O) groups is 1. The SMILES string of the molecule is CCCCC(c1ccc(Br)cc1)N1CCC(C(=O)O)CC1. The van der Waals surface area contributed by atoms with Crippen LogP contribution in [0.3, 0.4) is 0 Å². The van der Waals surface area contributed by atoms with E-state index in [0.717, 1.165) is 36.8 Å². The first-order valence-corrected chi connectivity index (χ1v) is 8.63. The number of unbranched alkanes of at least 4 members (excludes halogenated alkanes) is 1. The van der Waals surface area contributed by atoms with Crippen LogP contribution in [0.25, 0.3) is 0 Å². The molecule has 1 aliphatic rings. The molecule has 0 saturated carbocycles. The third kappa shape index (κ3) is 4.55. The maximum atomic E-state index is 11.1. The van der Waals surface area contributed by atoms with Crippen LogP contribution in [0.5, 0.6) is 0 Å². The highest BCUT2D eigenvalue weighted by Gasteiger charge is 2.28. The van der Waals surface area contributed by atoms with E-state index in [2.05, 4.69) is 52.0 Å². The topological polar surface area (TPSA) is 40.5 Å². The summed E-state index contributed by atoms with van der Waals surface area (Å²) in [5.41, 5.74) is 1.35. The monoisotopic (exact) mass is 353 g/mol. The van der Waals surface area contributed by atoms with Crippen molar-refractivity contribution in [2.75, 3.05) is 13.1 Å². The van der Waals surface area contributed by atoms with E-state index in [-0.39, 0.29) is 5.92 Å². The maximum Gasteiger partial charge on any atom is 0.306 e. The maximum absolute atomic E-state index is 11.1. The summed E-state index contributed by atoms with van der Waals surface area (Å²) in [5.74, 6) is -0.790. The Kier molecular flexibility index (Phi) is 6.24. The minimum absolute atomic E-state index is 0.155. The molecular formula is C17H24BrNO2. The fourth-order valence-electron chi connectivity index (χ4n) is 3.10. The van der Waals surface area contributed by atoms with Crippen LogP contribution in [-0.4, -0.2) is 29.1 Å². The van der Waals surface area contributed by atoms with Gasteiger partial charge in [-0.1, -0.05) is 47.8 Å². The van der Waals surface area contributed by atoms with E-state index in [9.17, 15) is 4.79 Å². The number of carboxylic acids is 1. The molecule has 4 heteroatoms. The first-order valence-electron chi connectivity index (χ1n) is 7.84. The molecule has 3 nitrogen and oxygen atoms in total. The lowest BCUT2D eigenvalue weighted by atomic mass is 9.92. The van der Waals surface area contributed by atoms with Gasteiger partial charge in [-0.2, -0.15) is 0 Å². The second-order valence-corrected chi connectivity index (χ2v) is 6.77. The van der Waals surface area contributed by atoms with Crippen LogP contribution in [0.15, 0.2) is 28.7 Å². The van der Waals surface area contributed by atoms with E-state index in [1.807, 2.05) is 0 Å². The van der Waals surface area contributed by atoms with Crippen LogP contribution < -0.4 is 0 Å². The van der Waals surface area contributed by atoms with Gasteiger partial charge in [-0.15, -0.1) is 0 Å². The molecule has 2 rings (SSSR count). The van der Waals surface area contributed by atoms with Crippen LogP contribution in [0, 0.1) is 5.92 Å². The second-order valence-electron chi connectivity index (χ2n) is 5.86. The molecular weight excluding hydrogens is 330 g/mol. The predicted octanol–water partition coefficient (Wildman–Crippen LogP) is 4.48. The van der Waals surface area contributed by atoms with Crippen LogP contribution in [0.1, 0.15) is 50.6 Å². The molecule has 116 valence electrons. The lowest BCUT2D eigenvalue weighted by Gasteiger charge is -2.37. The third-order valence-corrected chi connectivity index (χ3v) is 4.93. The van der Waals surface area contributed by atoms with Crippen molar-refractivity contribution in [3.63, 3.8) is 0 Å². The number of nitrogens with zero attached hydrogens (tertiary/aromatic N) is 1. The Hall–Kier alpha value is -0.870. The number of piperidine rings is 1. The lowest BCUT2D eigenvalue weighted by molar-refractivity contribution is -0.143. The molecule has 1 aromatic rings. The average Bonchev–Trinajstić information content (AvgIpc) is 2.50. The Morgan fingerprint density at radius 3 is 2.48 bits per heavy atom. The molecule has 0 amide bonds. The summed E-state index contributed by atoms with van der Waals surface area (Å²) in [5, 5.41) is 9.13. The first-order chi connectivity index (χ1) is 10.1. The summed E-state index contributed by atoms with van der Waals surface area (Å²) in [4.78, 5) is 13.6. The Bertz CT molecular complexity index is 452. The summed E-state index contributed by atoms with van der Waals surface area (Å²) in [6.07, 6.45) is 5.09. The van der Waals surface area contributed by atoms with E-state index in [1.165, 1.54) is 18.4 Å². The molecule has 0 aromatic heterocycles. The lowest BCUT2D eigenvalue weighted by Crippen LogP contribution is -2.38. The van der Waals surface area contributed by atoms with Crippen LogP contribution >= 0.6 is 15.9 Å². The van der Waals surface area contributed by atoms with Crippen molar-refractivity contribution in [1.29, 1.82) is 0 Å². The molecule has 1 heterocycles. The third-order valence-electron chi connectivity index (χ3n) is 4.41. The summed E-state index contributed by atoms with van der Waals surface area (Å²) >= 11 is 3.49. The highest BCUT2D eigenvalue weighted by Crippen LogP contribution is 2.31. The fraction of sp³-hybridized carbons (Fsp3) is 0.588. The van der Waals surface area contributed by atoms with Crippen molar-refractivity contribution in [2.45, 2.75) is 45.1 Å². The highest BCUT2D eigenvalue weighted by atomic mass is 79.9. The predicted molar refractivity (Wildman–Crippen MR) is 88.3 cm³/mol. The van der Waals surface area contributed by atoms with Gasteiger partial charge in [0.1, 0.15) is 0 Å². The van der Waals surface area contributed by atoms with Gasteiger partial charge >= 0.3 is 5.97 Å². The van der Waals surface area contributed by atoms with Gasteiger partial charge in [0.15, 0.2) is 0 Å². The summed E-state index contributed by atoms with van der Waals surface area (Å²) in [6, 6.07) is 8.99. The van der Waals surface area contributed by atoms with Gasteiger partial charge in [-0.05, 0) is 50.0 Å². The van der Waals surface area contributed by atoms with Crippen molar-refractivity contribution in [1.82, 2.24) is 4.90 Å². The van der Waals surface area contributed by atoms with Gasteiger partial charge < -0.3 is 5.11 Å². The van der Waals surface area contributed by atoms with Gasteiger partial charge in [0.05, 0.1) is 5.92 Å². The number of hydrogen-bond acceptors (Lipinski definition) is 2. The number of rotatable bonds is 6. The van der Waals surface area contributed by atoms with Crippen LogP contribution in [0.2, 0.25) is 0 Å². The Labute approximate surface area is 135 Å².